The fraction of sp³-hybridized carbons (Fsp3) is 0.438. The summed E-state index contributed by atoms with van der Waals surface area (Å²) in [7, 11) is 0. The minimum atomic E-state index is -0.377. The molecule has 0 radical (unpaired) electrons. The first-order valence-electron chi connectivity index (χ1n) is 6.92. The fourth-order valence-corrected chi connectivity index (χ4v) is 2.39. The predicted octanol–water partition coefficient (Wildman–Crippen LogP) is 3.04. The lowest BCUT2D eigenvalue weighted by molar-refractivity contribution is 0.0355. The summed E-state index contributed by atoms with van der Waals surface area (Å²) in [6.45, 7) is 5.37. The van der Waals surface area contributed by atoms with E-state index in [9.17, 15) is 4.79 Å². The predicted molar refractivity (Wildman–Crippen MR) is 77.4 cm³/mol. The lowest BCUT2D eigenvalue weighted by Crippen LogP contribution is -2.51. The second-order valence-corrected chi connectivity index (χ2v) is 5.07. The number of alkyl carbamates (subject to hydrolysis) is 1. The number of nitrogens with one attached hydrogen (secondary N) is 1. The van der Waals surface area contributed by atoms with Crippen molar-refractivity contribution in [2.75, 3.05) is 13.2 Å². The maximum atomic E-state index is 12.0. The molecule has 0 saturated carbocycles. The van der Waals surface area contributed by atoms with Gasteiger partial charge in [0.05, 0.1) is 5.54 Å². The highest BCUT2D eigenvalue weighted by Crippen LogP contribution is 2.25. The van der Waals surface area contributed by atoms with Crippen LogP contribution in [-0.4, -0.2) is 24.8 Å². The molecule has 108 valence electrons. The Balaban J connectivity index is 1.86. The molecule has 1 aromatic rings. The van der Waals surface area contributed by atoms with E-state index in [-0.39, 0.29) is 18.2 Å². The molecule has 1 aromatic carbocycles. The highest BCUT2D eigenvalue weighted by Gasteiger charge is 2.33. The first-order chi connectivity index (χ1) is 9.74. The summed E-state index contributed by atoms with van der Waals surface area (Å²) >= 11 is 0. The molecule has 0 spiro atoms. The van der Waals surface area contributed by atoms with Crippen LogP contribution in [-0.2, 0) is 16.1 Å². The molecule has 2 rings (SSSR count). The largest absolute Gasteiger partial charge is 0.445 e. The zero-order chi connectivity index (χ0) is 14.3. The van der Waals surface area contributed by atoms with Gasteiger partial charge in [-0.2, -0.15) is 0 Å². The van der Waals surface area contributed by atoms with Crippen molar-refractivity contribution in [3.05, 3.63) is 48.6 Å². The van der Waals surface area contributed by atoms with Gasteiger partial charge in [0.15, 0.2) is 0 Å². The van der Waals surface area contributed by atoms with Gasteiger partial charge in [-0.15, -0.1) is 6.58 Å². The monoisotopic (exact) mass is 275 g/mol. The van der Waals surface area contributed by atoms with Crippen molar-refractivity contribution < 1.29 is 14.3 Å². The second kappa shape index (κ2) is 7.10. The van der Waals surface area contributed by atoms with Gasteiger partial charge < -0.3 is 14.8 Å². The Morgan fingerprint density at radius 3 is 2.70 bits per heavy atom. The Labute approximate surface area is 119 Å². The Bertz CT molecular complexity index is 438. The van der Waals surface area contributed by atoms with Crippen LogP contribution in [0.15, 0.2) is 43.0 Å². The standard InChI is InChI=1S/C16H21NO3/c1-2-8-16(9-11-19-12-10-16)17-15(18)20-13-14-6-4-3-5-7-14/h2-7H,1,8-13H2,(H,17,18). The maximum Gasteiger partial charge on any atom is 0.407 e. The van der Waals surface area contributed by atoms with E-state index in [1.165, 1.54) is 0 Å². The number of hydrogen-bond donors (Lipinski definition) is 1. The molecule has 0 aliphatic carbocycles. The molecular formula is C16H21NO3. The molecule has 4 nitrogen and oxygen atoms in total. The number of carbonyl (C=O) groups excluding carboxylic acids is 1. The molecule has 4 heteroatoms. The van der Waals surface area contributed by atoms with Crippen molar-refractivity contribution in [3.63, 3.8) is 0 Å². The molecule has 0 aromatic heterocycles. The van der Waals surface area contributed by atoms with Gasteiger partial charge in [0, 0.05) is 13.2 Å². The molecule has 0 unspecified atom stereocenters. The highest BCUT2D eigenvalue weighted by atomic mass is 16.5. The van der Waals surface area contributed by atoms with Crippen molar-refractivity contribution in [2.24, 2.45) is 0 Å². The van der Waals surface area contributed by atoms with Crippen molar-refractivity contribution in [1.82, 2.24) is 5.32 Å². The molecular weight excluding hydrogens is 254 g/mol. The van der Waals surface area contributed by atoms with Crippen LogP contribution in [0.4, 0.5) is 4.79 Å². The third-order valence-electron chi connectivity index (χ3n) is 3.56. The summed E-state index contributed by atoms with van der Waals surface area (Å²) in [5.74, 6) is 0. The van der Waals surface area contributed by atoms with Crippen LogP contribution in [0.3, 0.4) is 0 Å². The second-order valence-electron chi connectivity index (χ2n) is 5.07. The number of rotatable bonds is 5. The van der Waals surface area contributed by atoms with E-state index < -0.39 is 0 Å². The Kier molecular flexibility index (Phi) is 5.18. The Morgan fingerprint density at radius 2 is 2.05 bits per heavy atom. The first-order valence-corrected chi connectivity index (χ1v) is 6.92. The molecule has 0 atom stereocenters. The van der Waals surface area contributed by atoms with Crippen molar-refractivity contribution in [3.8, 4) is 0 Å². The van der Waals surface area contributed by atoms with Gasteiger partial charge in [-0.1, -0.05) is 36.4 Å². The van der Waals surface area contributed by atoms with Gasteiger partial charge in [-0.25, -0.2) is 4.79 Å². The molecule has 1 N–H and O–H groups in total. The summed E-state index contributed by atoms with van der Waals surface area (Å²) < 4.78 is 10.6. The van der Waals surface area contributed by atoms with Gasteiger partial charge >= 0.3 is 6.09 Å². The fourth-order valence-electron chi connectivity index (χ4n) is 2.39. The number of carbonyl (C=O) groups is 1. The summed E-state index contributed by atoms with van der Waals surface area (Å²) in [5.41, 5.74) is 0.709. The smallest absolute Gasteiger partial charge is 0.407 e. The molecule has 0 bridgehead atoms. The molecule has 1 fully saturated rings. The lowest BCUT2D eigenvalue weighted by Gasteiger charge is -2.36. The van der Waals surface area contributed by atoms with Crippen LogP contribution in [0.25, 0.3) is 0 Å². The van der Waals surface area contributed by atoms with Crippen LogP contribution < -0.4 is 5.32 Å². The average molecular weight is 275 g/mol. The van der Waals surface area contributed by atoms with Crippen LogP contribution in [0.2, 0.25) is 0 Å². The molecule has 1 aliphatic rings. The zero-order valence-corrected chi connectivity index (χ0v) is 11.6. The minimum absolute atomic E-state index is 0.270. The Hall–Kier alpha value is -1.81. The van der Waals surface area contributed by atoms with Crippen LogP contribution >= 0.6 is 0 Å². The van der Waals surface area contributed by atoms with Crippen LogP contribution in [0.5, 0.6) is 0 Å². The maximum absolute atomic E-state index is 12.0. The Morgan fingerprint density at radius 1 is 1.35 bits per heavy atom. The number of ether oxygens (including phenoxy) is 2. The first kappa shape index (κ1) is 14.6. The molecule has 1 aliphatic heterocycles. The van der Waals surface area contributed by atoms with Crippen molar-refractivity contribution in [2.45, 2.75) is 31.4 Å². The summed E-state index contributed by atoms with van der Waals surface area (Å²) in [6.07, 6.45) is 3.77. The van der Waals surface area contributed by atoms with Gasteiger partial charge in [0.2, 0.25) is 0 Å². The number of amides is 1. The highest BCUT2D eigenvalue weighted by molar-refractivity contribution is 5.68. The summed E-state index contributed by atoms with van der Waals surface area (Å²) in [6, 6.07) is 9.65. The number of benzene rings is 1. The summed E-state index contributed by atoms with van der Waals surface area (Å²) in [4.78, 5) is 12.0. The van der Waals surface area contributed by atoms with Gasteiger partial charge in [0.25, 0.3) is 0 Å². The van der Waals surface area contributed by atoms with E-state index >= 15 is 0 Å². The van der Waals surface area contributed by atoms with Gasteiger partial charge in [0.1, 0.15) is 6.61 Å². The molecule has 1 heterocycles. The van der Waals surface area contributed by atoms with E-state index in [4.69, 9.17) is 9.47 Å². The van der Waals surface area contributed by atoms with Crippen molar-refractivity contribution >= 4 is 6.09 Å². The van der Waals surface area contributed by atoms with E-state index in [2.05, 4.69) is 11.9 Å². The average Bonchev–Trinajstić information content (AvgIpc) is 2.47. The molecule has 1 saturated heterocycles. The minimum Gasteiger partial charge on any atom is -0.445 e. The normalized spacial score (nSPS) is 17.2. The SMILES string of the molecule is C=CCC1(NC(=O)OCc2ccccc2)CCOCC1. The third kappa shape index (κ3) is 4.10. The van der Waals surface area contributed by atoms with Gasteiger partial charge in [-0.05, 0) is 24.8 Å². The van der Waals surface area contributed by atoms with E-state index in [1.807, 2.05) is 36.4 Å². The molecule has 1 amide bonds. The van der Waals surface area contributed by atoms with Gasteiger partial charge in [-0.3, -0.25) is 0 Å². The molecule has 20 heavy (non-hydrogen) atoms. The van der Waals surface area contributed by atoms with Crippen LogP contribution in [0.1, 0.15) is 24.8 Å². The third-order valence-corrected chi connectivity index (χ3v) is 3.56. The zero-order valence-electron chi connectivity index (χ0n) is 11.6. The summed E-state index contributed by atoms with van der Waals surface area (Å²) in [5, 5.41) is 2.99. The van der Waals surface area contributed by atoms with E-state index in [0.717, 1.165) is 24.8 Å². The quantitative estimate of drug-likeness (QED) is 0.840. The topological polar surface area (TPSA) is 47.6 Å². The van der Waals surface area contributed by atoms with Crippen molar-refractivity contribution in [1.29, 1.82) is 0 Å². The van der Waals surface area contributed by atoms with E-state index in [1.54, 1.807) is 0 Å². The van der Waals surface area contributed by atoms with E-state index in [0.29, 0.717) is 13.2 Å². The number of hydrogen-bond acceptors (Lipinski definition) is 3. The lowest BCUT2D eigenvalue weighted by atomic mass is 9.87. The van der Waals surface area contributed by atoms with Crippen LogP contribution in [0, 0.1) is 0 Å².